The highest BCUT2D eigenvalue weighted by Crippen LogP contribution is 2.43. The molecule has 2 bridgehead atoms. The van der Waals surface area contributed by atoms with Crippen LogP contribution in [0.25, 0.3) is 0 Å². The van der Waals surface area contributed by atoms with Gasteiger partial charge in [-0.15, -0.1) is 0 Å². The molecule has 1 unspecified atom stereocenters. The van der Waals surface area contributed by atoms with Gasteiger partial charge in [-0.25, -0.2) is 0 Å². The molecule has 0 spiro atoms. The third kappa shape index (κ3) is 11.9. The Kier molecular flexibility index (Phi) is 18.0. The summed E-state index contributed by atoms with van der Waals surface area (Å²) in [6.07, 6.45) is -4.67. The third-order valence-corrected chi connectivity index (χ3v) is 13.4. The van der Waals surface area contributed by atoms with Gasteiger partial charge in [-0.1, -0.05) is 38.9 Å². The number of esters is 3. The van der Waals surface area contributed by atoms with E-state index in [1.807, 2.05) is 59.7 Å². The molecule has 0 aromatic carbocycles. The Labute approximate surface area is 368 Å². The molecule has 0 aliphatic carbocycles. The van der Waals surface area contributed by atoms with Crippen molar-refractivity contribution < 1.29 is 72.1 Å². The molecule has 62 heavy (non-hydrogen) atoms. The van der Waals surface area contributed by atoms with Gasteiger partial charge in [0.15, 0.2) is 24.8 Å². The van der Waals surface area contributed by atoms with E-state index in [9.17, 15) is 24.6 Å². The Morgan fingerprint density at radius 1 is 0.903 bits per heavy atom. The molecule has 0 saturated carbocycles. The van der Waals surface area contributed by atoms with Crippen molar-refractivity contribution in [2.45, 2.75) is 193 Å². The maximum absolute atomic E-state index is 14.6. The van der Waals surface area contributed by atoms with Crippen LogP contribution in [0.2, 0.25) is 0 Å². The zero-order valence-electron chi connectivity index (χ0n) is 39.7. The van der Waals surface area contributed by atoms with E-state index in [-0.39, 0.29) is 44.6 Å². The van der Waals surface area contributed by atoms with Crippen LogP contribution >= 0.6 is 0 Å². The number of rotatable bonds is 9. The third-order valence-electron chi connectivity index (χ3n) is 13.4. The molecular weight excluding hydrogens is 808 g/mol. The van der Waals surface area contributed by atoms with Crippen LogP contribution in [-0.4, -0.2) is 157 Å². The first-order valence-corrected chi connectivity index (χ1v) is 22.2. The molecule has 17 nitrogen and oxygen atoms in total. The first-order valence-electron chi connectivity index (χ1n) is 22.2. The number of fused-ring (bicyclic) bond motifs is 3. The smallest absolute Gasteiger partial charge is 0.311 e. The Balaban J connectivity index is 1.97. The molecular formula is C45H76N2O15. The van der Waals surface area contributed by atoms with Crippen LogP contribution in [0, 0.1) is 23.7 Å². The zero-order chi connectivity index (χ0) is 46.5. The number of ether oxygens (including phenoxy) is 9. The minimum atomic E-state index is -1.92. The van der Waals surface area contributed by atoms with Gasteiger partial charge in [0.2, 0.25) is 0 Å². The van der Waals surface area contributed by atoms with Crippen molar-refractivity contribution in [1.82, 2.24) is 4.90 Å². The quantitative estimate of drug-likeness (QED) is 0.188. The van der Waals surface area contributed by atoms with E-state index in [2.05, 4.69) is 5.16 Å². The van der Waals surface area contributed by atoms with Crippen molar-refractivity contribution in [3.8, 4) is 0 Å². The van der Waals surface area contributed by atoms with Crippen molar-refractivity contribution in [1.29, 1.82) is 0 Å². The lowest BCUT2D eigenvalue weighted by Crippen LogP contribution is -2.62. The monoisotopic (exact) mass is 885 g/mol. The fourth-order valence-electron chi connectivity index (χ4n) is 9.93. The summed E-state index contributed by atoms with van der Waals surface area (Å²) in [7, 11) is 5.34. The van der Waals surface area contributed by atoms with Gasteiger partial charge in [-0.3, -0.25) is 14.4 Å². The molecule has 0 aromatic rings. The fraction of sp³-hybridized carbons (Fsp3) is 0.867. The second kappa shape index (κ2) is 21.5. The van der Waals surface area contributed by atoms with Gasteiger partial charge in [0.05, 0.1) is 60.4 Å². The van der Waals surface area contributed by atoms with Gasteiger partial charge in [-0.2, -0.15) is 0 Å². The number of likely N-dealkylation sites (N-methyl/N-ethyl adjacent to an activating group) is 1. The first-order chi connectivity index (χ1) is 28.9. The van der Waals surface area contributed by atoms with Crippen LogP contribution in [-0.2, 0) is 61.9 Å². The van der Waals surface area contributed by atoms with Crippen molar-refractivity contribution in [3.05, 3.63) is 12.2 Å². The van der Waals surface area contributed by atoms with Crippen molar-refractivity contribution in [2.75, 3.05) is 34.4 Å². The second-order valence-electron chi connectivity index (χ2n) is 18.8. The summed E-state index contributed by atoms with van der Waals surface area (Å²) < 4.78 is 57.9. The number of cyclic esters (lactones) is 1. The number of carbonyl (C=O) groups excluding carboxylic acids is 3. The van der Waals surface area contributed by atoms with Crippen molar-refractivity contribution >= 4 is 23.6 Å². The summed E-state index contributed by atoms with van der Waals surface area (Å²) in [4.78, 5) is 47.3. The second-order valence-corrected chi connectivity index (χ2v) is 18.8. The Morgan fingerprint density at radius 3 is 2.15 bits per heavy atom. The van der Waals surface area contributed by atoms with Crippen molar-refractivity contribution in [2.24, 2.45) is 28.8 Å². The predicted molar refractivity (Wildman–Crippen MR) is 227 cm³/mol. The summed E-state index contributed by atoms with van der Waals surface area (Å²) in [5.41, 5.74) is -3.77. The number of methoxy groups -OCH3 is 1. The summed E-state index contributed by atoms with van der Waals surface area (Å²) in [5, 5.41) is 28.6. The fourth-order valence-corrected chi connectivity index (χ4v) is 9.93. The zero-order valence-corrected chi connectivity index (χ0v) is 39.7. The van der Waals surface area contributed by atoms with Gasteiger partial charge < -0.3 is 62.6 Å². The van der Waals surface area contributed by atoms with Gasteiger partial charge in [0, 0.05) is 45.1 Å². The van der Waals surface area contributed by atoms with Crippen LogP contribution in [0.4, 0.5) is 0 Å². The number of oxime groups is 1. The maximum atomic E-state index is 14.6. The molecule has 4 heterocycles. The lowest BCUT2D eigenvalue weighted by Gasteiger charge is -2.50. The molecule has 4 aliphatic rings. The Hall–Kier alpha value is -2.74. The minimum absolute atomic E-state index is 0.108. The number of aliphatic hydroxyl groups is 2. The van der Waals surface area contributed by atoms with Gasteiger partial charge in [0.25, 0.3) is 0 Å². The molecule has 356 valence electrons. The van der Waals surface area contributed by atoms with E-state index in [0.717, 1.165) is 0 Å². The van der Waals surface area contributed by atoms with E-state index in [1.54, 1.807) is 33.8 Å². The predicted octanol–water partition coefficient (Wildman–Crippen LogP) is 4.32. The minimum Gasteiger partial charge on any atom is -0.459 e. The lowest BCUT2D eigenvalue weighted by molar-refractivity contribution is -0.321. The molecule has 17 heteroatoms. The summed E-state index contributed by atoms with van der Waals surface area (Å²) in [5.74, 6) is -4.73. The molecule has 0 amide bonds. The number of hydrogen-bond acceptors (Lipinski definition) is 17. The summed E-state index contributed by atoms with van der Waals surface area (Å²) in [6.45, 7) is 20.8. The topological polar surface area (TPSA) is 200 Å². The molecule has 0 radical (unpaired) electrons. The maximum Gasteiger partial charge on any atom is 0.311 e. The Morgan fingerprint density at radius 2 is 1.55 bits per heavy atom. The van der Waals surface area contributed by atoms with Gasteiger partial charge in [0.1, 0.15) is 23.9 Å². The van der Waals surface area contributed by atoms with Crippen molar-refractivity contribution in [3.63, 3.8) is 0 Å². The van der Waals surface area contributed by atoms with Gasteiger partial charge in [-0.05, 0) is 81.0 Å². The molecule has 18 atom stereocenters. The van der Waals surface area contributed by atoms with Crippen LogP contribution in [0.1, 0.15) is 109 Å². The highest BCUT2D eigenvalue weighted by atomic mass is 16.7. The highest BCUT2D eigenvalue weighted by molar-refractivity contribution is 5.88. The van der Waals surface area contributed by atoms with Crippen LogP contribution < -0.4 is 0 Å². The Bertz CT molecular complexity index is 1570. The van der Waals surface area contributed by atoms with E-state index in [4.69, 9.17) is 47.5 Å². The summed E-state index contributed by atoms with van der Waals surface area (Å²) in [6, 6.07) is -0.281. The van der Waals surface area contributed by atoms with E-state index >= 15 is 0 Å². The molecule has 3 saturated heterocycles. The average Bonchev–Trinajstić information content (AvgIpc) is 3.22. The number of carbonyl (C=O) groups is 3. The number of hydrogen-bond donors (Lipinski definition) is 2. The average molecular weight is 885 g/mol. The van der Waals surface area contributed by atoms with Gasteiger partial charge >= 0.3 is 17.9 Å². The lowest BCUT2D eigenvalue weighted by atomic mass is 9.73. The van der Waals surface area contributed by atoms with Crippen LogP contribution in [0.5, 0.6) is 0 Å². The normalized spacial score (nSPS) is 43.9. The molecule has 4 aliphatic heterocycles. The largest absolute Gasteiger partial charge is 0.459 e. The molecule has 3 fully saturated rings. The molecule has 4 rings (SSSR count). The number of aliphatic hydroxyl groups excluding tert-OH is 1. The standard InChI is InChI=1S/C45H76N2O15/c1-16-33-45(12,52)38(50)26(4)35-24(2)22-44(11,54-19-17-18-20-55-46-35)39(62-42-37(58-30(8)48)32(47(13)14)21-25(3)56-42)27(5)36(28(6)41(51)60-33)61-34-23-43(10,53-15)40(29(7)57-34)59-31(9)49/h17-18,24-29,32-34,36-40,42,50,52H,16,19-23H2,1-15H3/t24-,25-,26+,27+,28-,29+,32+,33-,34?,36+,37-,38-,39-,40+,42+,43-,44-,45-/m1/s1. The van der Waals surface area contributed by atoms with E-state index in [1.165, 1.54) is 27.9 Å². The van der Waals surface area contributed by atoms with Crippen LogP contribution in [0.3, 0.4) is 0 Å². The first kappa shape index (κ1) is 51.9. The number of nitrogens with zero attached hydrogens (tertiary/aromatic N) is 2. The highest BCUT2D eigenvalue weighted by Gasteiger charge is 2.55. The van der Waals surface area contributed by atoms with E-state index in [0.29, 0.717) is 12.1 Å². The van der Waals surface area contributed by atoms with E-state index < -0.39 is 114 Å². The molecule has 2 N–H and O–H groups in total. The SMILES string of the molecule is CC[C@H]1OC(=O)[C@H](C)[C@@H](OC2C[C@@](C)(OC)[C@@H](OC(C)=O)[C@H](C)O2)[C@H](C)[C@@H](O[C@@H]2O[C@H](C)C[C@H](N(C)C)[C@H]2OC(C)=O)[C@@]2(C)C[C@@H](C)C(=NOCC=CCO2)[C@H](C)[C@@H](O)[C@]1(C)O. The summed E-state index contributed by atoms with van der Waals surface area (Å²) >= 11 is 0. The van der Waals surface area contributed by atoms with Crippen LogP contribution in [0.15, 0.2) is 17.3 Å². The molecule has 0 aromatic heterocycles.